The molecule has 0 unspecified atom stereocenters. The molecule has 0 fully saturated rings. The summed E-state index contributed by atoms with van der Waals surface area (Å²) in [5.41, 5.74) is 1.47. The van der Waals surface area contributed by atoms with Crippen molar-refractivity contribution in [2.24, 2.45) is 0 Å². The molecule has 0 saturated heterocycles. The van der Waals surface area contributed by atoms with Crippen LogP contribution in [-0.4, -0.2) is 34.5 Å². The molecule has 0 N–H and O–H groups in total. The summed E-state index contributed by atoms with van der Waals surface area (Å²) in [6.07, 6.45) is 1.11. The van der Waals surface area contributed by atoms with Gasteiger partial charge in [-0.2, -0.15) is 8.42 Å². The molecule has 0 spiro atoms. The van der Waals surface area contributed by atoms with E-state index in [0.29, 0.717) is 30.1 Å². The van der Waals surface area contributed by atoms with Gasteiger partial charge in [0.15, 0.2) is 11.5 Å². The molecule has 2 aromatic carbocycles. The fourth-order valence-corrected chi connectivity index (χ4v) is 3.11. The van der Waals surface area contributed by atoms with Crippen LogP contribution >= 0.6 is 0 Å². The number of aldehydes is 1. The fraction of sp³-hybridized carbons (Fsp3) is 0.316. The zero-order chi connectivity index (χ0) is 19.0. The number of aryl methyl sites for hydroxylation is 1. The molecule has 0 bridgehead atoms. The van der Waals surface area contributed by atoms with E-state index in [-0.39, 0.29) is 18.1 Å². The largest absolute Gasteiger partial charge is 0.490 e. The first-order valence-corrected chi connectivity index (χ1v) is 9.68. The summed E-state index contributed by atoms with van der Waals surface area (Å²) in [7, 11) is -3.77. The monoisotopic (exact) mass is 378 g/mol. The standard InChI is InChI=1S/C19H22O6S/c1-3-23-19-13-16(14-20)7-10-18(19)24-11-4-12-25-26(21,22)17-8-5-15(2)6-9-17/h5-10,13-14H,3-4,11-12H2,1-2H3. The Morgan fingerprint density at radius 1 is 0.962 bits per heavy atom. The van der Waals surface area contributed by atoms with Gasteiger partial charge in [-0.25, -0.2) is 0 Å². The Hall–Kier alpha value is -2.38. The maximum absolute atomic E-state index is 12.1. The molecule has 0 saturated carbocycles. The smallest absolute Gasteiger partial charge is 0.296 e. The molecule has 2 aromatic rings. The highest BCUT2D eigenvalue weighted by molar-refractivity contribution is 7.86. The molecule has 0 radical (unpaired) electrons. The number of rotatable bonds is 10. The first-order valence-electron chi connectivity index (χ1n) is 8.27. The number of ether oxygens (including phenoxy) is 2. The van der Waals surface area contributed by atoms with Gasteiger partial charge in [-0.3, -0.25) is 8.98 Å². The van der Waals surface area contributed by atoms with E-state index in [0.717, 1.165) is 11.8 Å². The lowest BCUT2D eigenvalue weighted by atomic mass is 10.2. The molecular formula is C19H22O6S. The molecule has 6 nitrogen and oxygen atoms in total. The van der Waals surface area contributed by atoms with E-state index < -0.39 is 10.1 Å². The van der Waals surface area contributed by atoms with E-state index in [4.69, 9.17) is 13.7 Å². The molecule has 26 heavy (non-hydrogen) atoms. The van der Waals surface area contributed by atoms with Crippen LogP contribution in [0.4, 0.5) is 0 Å². The maximum atomic E-state index is 12.1. The second-order valence-electron chi connectivity index (χ2n) is 5.55. The van der Waals surface area contributed by atoms with Crippen molar-refractivity contribution in [2.75, 3.05) is 19.8 Å². The normalized spacial score (nSPS) is 11.2. The van der Waals surface area contributed by atoms with Crippen LogP contribution in [0.25, 0.3) is 0 Å². The van der Waals surface area contributed by atoms with Crippen LogP contribution in [0.2, 0.25) is 0 Å². The van der Waals surface area contributed by atoms with Gasteiger partial charge in [0.05, 0.1) is 24.7 Å². The number of carbonyl (C=O) groups excluding carboxylic acids is 1. The highest BCUT2D eigenvalue weighted by Crippen LogP contribution is 2.28. The summed E-state index contributed by atoms with van der Waals surface area (Å²) >= 11 is 0. The third-order valence-corrected chi connectivity index (χ3v) is 4.82. The van der Waals surface area contributed by atoms with Gasteiger partial charge in [0.25, 0.3) is 10.1 Å². The Labute approximate surface area is 153 Å². The Bertz CT molecular complexity index is 828. The topological polar surface area (TPSA) is 78.9 Å². The Morgan fingerprint density at radius 2 is 1.69 bits per heavy atom. The summed E-state index contributed by atoms with van der Waals surface area (Å²) in [6, 6.07) is 11.4. The average Bonchev–Trinajstić information content (AvgIpc) is 2.63. The van der Waals surface area contributed by atoms with Crippen molar-refractivity contribution >= 4 is 16.4 Å². The Morgan fingerprint density at radius 3 is 2.35 bits per heavy atom. The summed E-state index contributed by atoms with van der Waals surface area (Å²) in [5, 5.41) is 0. The first-order chi connectivity index (χ1) is 12.5. The van der Waals surface area contributed by atoms with Crippen LogP contribution in [0, 0.1) is 6.92 Å². The third kappa shape index (κ3) is 5.57. The van der Waals surface area contributed by atoms with Crippen LogP contribution < -0.4 is 9.47 Å². The van der Waals surface area contributed by atoms with Crippen LogP contribution in [0.5, 0.6) is 11.5 Å². The van der Waals surface area contributed by atoms with E-state index in [2.05, 4.69) is 0 Å². The van der Waals surface area contributed by atoms with E-state index in [9.17, 15) is 13.2 Å². The average molecular weight is 378 g/mol. The number of carbonyl (C=O) groups is 1. The van der Waals surface area contributed by atoms with Gasteiger partial charge in [0.2, 0.25) is 0 Å². The molecule has 7 heteroatoms. The summed E-state index contributed by atoms with van der Waals surface area (Å²) in [6.45, 7) is 4.42. The molecule has 2 rings (SSSR count). The predicted octanol–water partition coefficient (Wildman–Crippen LogP) is 3.38. The van der Waals surface area contributed by atoms with Crippen LogP contribution in [0.1, 0.15) is 29.3 Å². The summed E-state index contributed by atoms with van der Waals surface area (Å²) in [4.78, 5) is 11.0. The molecule has 0 aliphatic heterocycles. The molecule has 140 valence electrons. The molecule has 0 aliphatic carbocycles. The third-order valence-electron chi connectivity index (χ3n) is 3.50. The zero-order valence-corrected chi connectivity index (χ0v) is 15.6. The second-order valence-corrected chi connectivity index (χ2v) is 7.16. The molecular weight excluding hydrogens is 356 g/mol. The van der Waals surface area contributed by atoms with E-state index in [1.165, 1.54) is 12.1 Å². The van der Waals surface area contributed by atoms with Crippen molar-refractivity contribution in [1.29, 1.82) is 0 Å². The molecule has 0 atom stereocenters. The van der Waals surface area contributed by atoms with Gasteiger partial charge < -0.3 is 9.47 Å². The van der Waals surface area contributed by atoms with Crippen molar-refractivity contribution in [3.63, 3.8) is 0 Å². The predicted molar refractivity (Wildman–Crippen MR) is 97.4 cm³/mol. The van der Waals surface area contributed by atoms with Gasteiger partial charge in [0.1, 0.15) is 6.29 Å². The minimum atomic E-state index is -3.77. The minimum Gasteiger partial charge on any atom is -0.490 e. The quantitative estimate of drug-likeness (QED) is 0.358. The Balaban J connectivity index is 1.85. The second kappa shape index (κ2) is 9.35. The number of benzene rings is 2. The lowest BCUT2D eigenvalue weighted by molar-refractivity contribution is 0.112. The van der Waals surface area contributed by atoms with Gasteiger partial charge in [-0.1, -0.05) is 17.7 Å². The van der Waals surface area contributed by atoms with Gasteiger partial charge >= 0.3 is 0 Å². The van der Waals surface area contributed by atoms with Gasteiger partial charge in [-0.15, -0.1) is 0 Å². The van der Waals surface area contributed by atoms with Crippen LogP contribution in [0.3, 0.4) is 0 Å². The number of hydrogen-bond acceptors (Lipinski definition) is 6. The first kappa shape index (κ1) is 19.9. The molecule has 0 aliphatic rings. The maximum Gasteiger partial charge on any atom is 0.296 e. The fourth-order valence-electron chi connectivity index (χ4n) is 2.17. The molecule has 0 amide bonds. The van der Waals surface area contributed by atoms with Crippen molar-refractivity contribution in [2.45, 2.75) is 25.2 Å². The summed E-state index contributed by atoms with van der Waals surface area (Å²) < 4.78 is 40.2. The van der Waals surface area contributed by atoms with Crippen molar-refractivity contribution in [1.82, 2.24) is 0 Å². The molecule has 0 aromatic heterocycles. The highest BCUT2D eigenvalue weighted by Gasteiger charge is 2.14. The van der Waals surface area contributed by atoms with Crippen molar-refractivity contribution < 1.29 is 26.9 Å². The molecule has 0 heterocycles. The number of hydrogen-bond donors (Lipinski definition) is 0. The van der Waals surface area contributed by atoms with E-state index in [1.54, 1.807) is 30.3 Å². The van der Waals surface area contributed by atoms with Crippen LogP contribution in [-0.2, 0) is 14.3 Å². The van der Waals surface area contributed by atoms with E-state index in [1.807, 2.05) is 13.8 Å². The summed E-state index contributed by atoms with van der Waals surface area (Å²) in [5.74, 6) is 0.976. The van der Waals surface area contributed by atoms with Crippen LogP contribution in [0.15, 0.2) is 47.4 Å². The lowest BCUT2D eigenvalue weighted by Gasteiger charge is -2.12. The minimum absolute atomic E-state index is 0.00655. The zero-order valence-electron chi connectivity index (χ0n) is 14.8. The highest BCUT2D eigenvalue weighted by atomic mass is 32.2. The van der Waals surface area contributed by atoms with E-state index >= 15 is 0 Å². The lowest BCUT2D eigenvalue weighted by Crippen LogP contribution is -2.10. The van der Waals surface area contributed by atoms with Crippen molar-refractivity contribution in [3.8, 4) is 11.5 Å². The SMILES string of the molecule is CCOc1cc(C=O)ccc1OCCCOS(=O)(=O)c1ccc(C)cc1. The van der Waals surface area contributed by atoms with Crippen molar-refractivity contribution in [3.05, 3.63) is 53.6 Å². The Kier molecular flexibility index (Phi) is 7.17. The van der Waals surface area contributed by atoms with Gasteiger partial charge in [-0.05, 0) is 44.2 Å². The van der Waals surface area contributed by atoms with Gasteiger partial charge in [0, 0.05) is 12.0 Å².